The minimum absolute atomic E-state index is 0.0918. The lowest BCUT2D eigenvalue weighted by atomic mass is 10.2. The van der Waals surface area contributed by atoms with E-state index in [4.69, 9.17) is 0 Å². The van der Waals surface area contributed by atoms with Crippen molar-refractivity contribution in [3.63, 3.8) is 0 Å². The van der Waals surface area contributed by atoms with Crippen molar-refractivity contribution in [2.45, 2.75) is 19.5 Å². The molecule has 2 N–H and O–H groups in total. The molecule has 1 atom stereocenters. The van der Waals surface area contributed by atoms with Gasteiger partial charge in [-0.2, -0.15) is 0 Å². The van der Waals surface area contributed by atoms with Crippen LogP contribution in [0, 0.1) is 0 Å². The molecule has 2 aromatic carbocycles. The second-order valence-corrected chi connectivity index (χ2v) is 5.14. The Morgan fingerprint density at radius 2 is 1.70 bits per heavy atom. The molecule has 23 heavy (non-hydrogen) atoms. The molecule has 120 valence electrons. The molecule has 0 aromatic heterocycles. The Morgan fingerprint density at radius 1 is 1.04 bits per heavy atom. The third-order valence-electron chi connectivity index (χ3n) is 3.39. The maximum atomic E-state index is 12.1. The number of carbonyl (C=O) groups is 2. The fraction of sp³-hybridized carbons (Fsp3) is 0.222. The summed E-state index contributed by atoms with van der Waals surface area (Å²) in [6.45, 7) is 2.28. The van der Waals surface area contributed by atoms with Crippen LogP contribution in [0.4, 0.5) is 5.69 Å². The number of carbonyl (C=O) groups excluding carboxylic acids is 2. The SMILES string of the molecule is COC(=O)c1ccc(N[C@H](C)C(=O)NCc2ccccc2)cc1. The molecule has 2 aromatic rings. The smallest absolute Gasteiger partial charge is 0.337 e. The van der Waals surface area contributed by atoms with Crippen molar-refractivity contribution in [2.75, 3.05) is 12.4 Å². The zero-order valence-electron chi connectivity index (χ0n) is 13.2. The van der Waals surface area contributed by atoms with Crippen LogP contribution in [-0.2, 0) is 16.1 Å². The summed E-state index contributed by atoms with van der Waals surface area (Å²) >= 11 is 0. The number of rotatable bonds is 6. The molecule has 0 radical (unpaired) electrons. The van der Waals surface area contributed by atoms with Gasteiger partial charge in [0.05, 0.1) is 12.7 Å². The Labute approximate surface area is 135 Å². The summed E-state index contributed by atoms with van der Waals surface area (Å²) in [5.74, 6) is -0.476. The van der Waals surface area contributed by atoms with Gasteiger partial charge in [-0.15, -0.1) is 0 Å². The normalized spacial score (nSPS) is 11.4. The standard InChI is InChI=1S/C18H20N2O3/c1-13(17(21)19-12-14-6-4-3-5-7-14)20-16-10-8-15(9-11-16)18(22)23-2/h3-11,13,20H,12H2,1-2H3,(H,19,21)/t13-/m1/s1. The highest BCUT2D eigenvalue weighted by atomic mass is 16.5. The average Bonchev–Trinajstić information content (AvgIpc) is 2.60. The molecule has 0 aliphatic carbocycles. The van der Waals surface area contributed by atoms with E-state index in [1.54, 1.807) is 31.2 Å². The first-order chi connectivity index (χ1) is 11.1. The van der Waals surface area contributed by atoms with Crippen LogP contribution in [0.3, 0.4) is 0 Å². The van der Waals surface area contributed by atoms with Crippen molar-refractivity contribution < 1.29 is 14.3 Å². The van der Waals surface area contributed by atoms with Crippen LogP contribution in [0.1, 0.15) is 22.8 Å². The number of anilines is 1. The predicted octanol–water partition coefficient (Wildman–Crippen LogP) is 2.59. The topological polar surface area (TPSA) is 67.4 Å². The van der Waals surface area contributed by atoms with Gasteiger partial charge in [-0.1, -0.05) is 30.3 Å². The van der Waals surface area contributed by atoms with Crippen LogP contribution in [0.5, 0.6) is 0 Å². The van der Waals surface area contributed by atoms with Crippen LogP contribution in [0.15, 0.2) is 54.6 Å². The molecule has 0 spiro atoms. The molecule has 2 rings (SSSR count). The van der Waals surface area contributed by atoms with Crippen LogP contribution in [0.25, 0.3) is 0 Å². The quantitative estimate of drug-likeness (QED) is 0.805. The van der Waals surface area contributed by atoms with Crippen LogP contribution >= 0.6 is 0 Å². The number of amides is 1. The lowest BCUT2D eigenvalue weighted by Crippen LogP contribution is -2.37. The second kappa shape index (κ2) is 7.98. The Kier molecular flexibility index (Phi) is 5.74. The Bertz CT molecular complexity index is 654. The number of ether oxygens (including phenoxy) is 1. The molecule has 0 aliphatic rings. The molecule has 5 heteroatoms. The van der Waals surface area contributed by atoms with E-state index in [9.17, 15) is 9.59 Å². The van der Waals surface area contributed by atoms with E-state index < -0.39 is 0 Å². The zero-order valence-corrected chi connectivity index (χ0v) is 13.2. The van der Waals surface area contributed by atoms with E-state index in [0.717, 1.165) is 11.3 Å². The summed E-state index contributed by atoms with van der Waals surface area (Å²) in [6.07, 6.45) is 0. The molecule has 0 heterocycles. The van der Waals surface area contributed by atoms with Gasteiger partial charge in [-0.3, -0.25) is 4.79 Å². The highest BCUT2D eigenvalue weighted by molar-refractivity contribution is 5.90. The van der Waals surface area contributed by atoms with Crippen molar-refractivity contribution in [1.82, 2.24) is 5.32 Å². The third kappa shape index (κ3) is 4.85. The largest absolute Gasteiger partial charge is 0.465 e. The van der Waals surface area contributed by atoms with Gasteiger partial charge < -0.3 is 15.4 Å². The highest BCUT2D eigenvalue weighted by Gasteiger charge is 2.12. The van der Waals surface area contributed by atoms with E-state index in [0.29, 0.717) is 12.1 Å². The van der Waals surface area contributed by atoms with Crippen LogP contribution < -0.4 is 10.6 Å². The lowest BCUT2D eigenvalue weighted by molar-refractivity contribution is -0.121. The summed E-state index contributed by atoms with van der Waals surface area (Å²) in [7, 11) is 1.34. The van der Waals surface area contributed by atoms with Crippen molar-refractivity contribution in [3.05, 3.63) is 65.7 Å². The second-order valence-electron chi connectivity index (χ2n) is 5.14. The number of methoxy groups -OCH3 is 1. The monoisotopic (exact) mass is 312 g/mol. The molecule has 0 bridgehead atoms. The predicted molar refractivity (Wildman–Crippen MR) is 89.2 cm³/mol. The van der Waals surface area contributed by atoms with Gasteiger partial charge in [-0.25, -0.2) is 4.79 Å². The molecule has 0 aliphatic heterocycles. The van der Waals surface area contributed by atoms with Crippen molar-refractivity contribution in [2.24, 2.45) is 0 Å². The van der Waals surface area contributed by atoms with Gasteiger partial charge in [0.25, 0.3) is 0 Å². The van der Waals surface area contributed by atoms with E-state index in [1.807, 2.05) is 30.3 Å². The molecular weight excluding hydrogens is 292 g/mol. The van der Waals surface area contributed by atoms with Gasteiger partial charge in [0.15, 0.2) is 0 Å². The summed E-state index contributed by atoms with van der Waals surface area (Å²) in [5.41, 5.74) is 2.29. The Morgan fingerprint density at radius 3 is 2.30 bits per heavy atom. The average molecular weight is 312 g/mol. The third-order valence-corrected chi connectivity index (χ3v) is 3.39. The first-order valence-electron chi connectivity index (χ1n) is 7.36. The maximum Gasteiger partial charge on any atom is 0.337 e. The zero-order chi connectivity index (χ0) is 16.7. The Balaban J connectivity index is 1.86. The van der Waals surface area contributed by atoms with Gasteiger partial charge in [0.2, 0.25) is 5.91 Å². The van der Waals surface area contributed by atoms with Crippen molar-refractivity contribution >= 4 is 17.6 Å². The molecule has 0 saturated heterocycles. The summed E-state index contributed by atoms with van der Waals surface area (Å²) in [5, 5.41) is 5.98. The van der Waals surface area contributed by atoms with E-state index in [2.05, 4.69) is 15.4 Å². The minimum atomic E-state index is -0.386. The van der Waals surface area contributed by atoms with E-state index >= 15 is 0 Å². The molecule has 5 nitrogen and oxygen atoms in total. The number of hydrogen-bond donors (Lipinski definition) is 2. The van der Waals surface area contributed by atoms with Crippen molar-refractivity contribution in [3.8, 4) is 0 Å². The van der Waals surface area contributed by atoms with Crippen molar-refractivity contribution in [1.29, 1.82) is 0 Å². The highest BCUT2D eigenvalue weighted by Crippen LogP contribution is 2.11. The van der Waals surface area contributed by atoms with Gasteiger partial charge in [0, 0.05) is 12.2 Å². The first kappa shape index (κ1) is 16.5. The molecule has 0 unspecified atom stereocenters. The number of hydrogen-bond acceptors (Lipinski definition) is 4. The molecule has 1 amide bonds. The van der Waals surface area contributed by atoms with Gasteiger partial charge in [0.1, 0.15) is 6.04 Å². The molecular formula is C18H20N2O3. The fourth-order valence-electron chi connectivity index (χ4n) is 2.07. The summed E-state index contributed by atoms with van der Waals surface area (Å²) in [6, 6.07) is 16.1. The van der Waals surface area contributed by atoms with E-state index in [-0.39, 0.29) is 17.9 Å². The number of benzene rings is 2. The number of esters is 1. The summed E-state index contributed by atoms with van der Waals surface area (Å²) in [4.78, 5) is 23.5. The van der Waals surface area contributed by atoms with Gasteiger partial charge in [-0.05, 0) is 36.8 Å². The van der Waals surface area contributed by atoms with E-state index in [1.165, 1.54) is 7.11 Å². The fourth-order valence-corrected chi connectivity index (χ4v) is 2.07. The minimum Gasteiger partial charge on any atom is -0.465 e. The number of nitrogens with one attached hydrogen (secondary N) is 2. The first-order valence-corrected chi connectivity index (χ1v) is 7.36. The van der Waals surface area contributed by atoms with Crippen LogP contribution in [0.2, 0.25) is 0 Å². The summed E-state index contributed by atoms with van der Waals surface area (Å²) < 4.78 is 4.65. The van der Waals surface area contributed by atoms with Crippen LogP contribution in [-0.4, -0.2) is 25.0 Å². The molecule has 0 fully saturated rings. The lowest BCUT2D eigenvalue weighted by Gasteiger charge is -2.15. The maximum absolute atomic E-state index is 12.1. The Hall–Kier alpha value is -2.82. The molecule has 0 saturated carbocycles. The van der Waals surface area contributed by atoms with Gasteiger partial charge >= 0.3 is 5.97 Å².